The van der Waals surface area contributed by atoms with Crippen LogP contribution in [0, 0.1) is 32.1 Å². The minimum absolute atomic E-state index is 0.0974. The van der Waals surface area contributed by atoms with E-state index in [2.05, 4.69) is 463 Å². The van der Waals surface area contributed by atoms with Crippen LogP contribution in [0.2, 0.25) is 0 Å². The number of carbonyl (C=O) groups is 3. The number of hydrogen-bond donors (Lipinski definition) is 0. The highest BCUT2D eigenvalue weighted by Gasteiger charge is 2.34. The number of rotatable bonds is 17. The fourth-order valence-electron chi connectivity index (χ4n) is 11.5. The van der Waals surface area contributed by atoms with Gasteiger partial charge in [-0.15, -0.1) is 0 Å². The summed E-state index contributed by atoms with van der Waals surface area (Å²) >= 11 is 20.1. The van der Waals surface area contributed by atoms with Crippen molar-refractivity contribution in [2.45, 2.75) is 162 Å². The molecule has 0 bridgehead atoms. The van der Waals surface area contributed by atoms with Crippen LogP contribution < -0.4 is 14.2 Å². The summed E-state index contributed by atoms with van der Waals surface area (Å²) in [5, 5.41) is 0. The quantitative estimate of drug-likeness (QED) is 0.0391. The molecule has 0 saturated heterocycles. The molecular weight excluding hydrogens is 2450 g/mol. The lowest BCUT2D eigenvalue weighted by Gasteiger charge is -2.20. The van der Waals surface area contributed by atoms with E-state index in [-0.39, 0.29) is 66.8 Å². The molecule has 570 valence electrons. The molecular formula is C93H84I9O6S3+3. The van der Waals surface area contributed by atoms with E-state index in [0.717, 1.165) is 41.9 Å². The number of halogens is 9. The fourth-order valence-corrected chi connectivity index (χ4v) is 29.1. The average Bonchev–Trinajstić information content (AvgIpc) is 0.800. The monoisotopic (exact) mass is 2530 g/mol. The second-order valence-corrected chi connectivity index (χ2v) is 46.6. The molecule has 0 aliphatic rings. The van der Waals surface area contributed by atoms with Gasteiger partial charge >= 0.3 is 17.9 Å². The Hall–Kier alpha value is -3.33. The van der Waals surface area contributed by atoms with Crippen LogP contribution in [0.1, 0.15) is 161 Å². The molecule has 1 unspecified atom stereocenters. The van der Waals surface area contributed by atoms with Crippen LogP contribution in [0.15, 0.2) is 305 Å². The molecule has 0 N–H and O–H groups in total. The summed E-state index contributed by atoms with van der Waals surface area (Å²) < 4.78 is 26.3. The number of carbonyl (C=O) groups excluding carboxylic acids is 3. The summed E-state index contributed by atoms with van der Waals surface area (Å²) in [5.74, 6) is 1.80. The lowest BCUT2D eigenvalue weighted by Crippen LogP contribution is -2.13. The Kier molecular flexibility index (Phi) is 32.8. The molecule has 0 radical (unpaired) electrons. The van der Waals surface area contributed by atoms with Crippen LogP contribution in [0.3, 0.4) is 0 Å². The molecule has 0 heterocycles. The van der Waals surface area contributed by atoms with E-state index in [1.165, 1.54) is 62.1 Å². The van der Waals surface area contributed by atoms with Crippen LogP contribution in [-0.4, -0.2) is 17.9 Å². The molecule has 0 saturated carbocycles. The first-order chi connectivity index (χ1) is 52.5. The van der Waals surface area contributed by atoms with Gasteiger partial charge in [-0.3, -0.25) is 0 Å². The fraction of sp³-hybridized carbons (Fsp3) is 0.194. The average molecular weight is 2540 g/mol. The van der Waals surface area contributed by atoms with Crippen molar-refractivity contribution in [1.82, 2.24) is 0 Å². The predicted molar refractivity (Wildman–Crippen MR) is 537 cm³/mol. The summed E-state index contributed by atoms with van der Waals surface area (Å²) in [4.78, 5) is 50.0. The zero-order chi connectivity index (χ0) is 80.4. The van der Waals surface area contributed by atoms with E-state index < -0.39 is 0 Å². The van der Waals surface area contributed by atoms with Crippen LogP contribution in [-0.2, 0) is 48.9 Å². The van der Waals surface area contributed by atoms with Gasteiger partial charge in [0, 0.05) is 10.7 Å². The summed E-state index contributed by atoms with van der Waals surface area (Å²) in [7, 11) is -0.866. The Bertz CT molecular complexity index is 5040. The molecule has 0 aliphatic heterocycles. The molecule has 18 heteroatoms. The van der Waals surface area contributed by atoms with E-state index >= 15 is 0 Å². The summed E-state index contributed by atoms with van der Waals surface area (Å²) in [6, 6.07) is 91.1. The highest BCUT2D eigenvalue weighted by atomic mass is 127. The van der Waals surface area contributed by atoms with Crippen molar-refractivity contribution in [3.63, 3.8) is 0 Å². The van der Waals surface area contributed by atoms with Gasteiger partial charge in [-0.05, 0) is 441 Å². The van der Waals surface area contributed by atoms with Gasteiger partial charge in [0.2, 0.25) is 0 Å². The number of benzene rings is 12. The third-order valence-corrected chi connectivity index (χ3v) is 31.2. The van der Waals surface area contributed by atoms with Crippen molar-refractivity contribution in [1.29, 1.82) is 0 Å². The molecule has 111 heavy (non-hydrogen) atoms. The number of esters is 3. The van der Waals surface area contributed by atoms with E-state index in [1.54, 1.807) is 0 Å². The van der Waals surface area contributed by atoms with E-state index in [9.17, 15) is 14.4 Å². The van der Waals surface area contributed by atoms with Gasteiger partial charge in [-0.1, -0.05) is 169 Å². The second-order valence-electron chi connectivity index (χ2n) is 29.8. The van der Waals surface area contributed by atoms with Crippen molar-refractivity contribution in [2.75, 3.05) is 0 Å². The largest absolute Gasteiger partial charge is 0.421 e. The lowest BCUT2D eigenvalue weighted by atomic mass is 9.87. The summed E-state index contributed by atoms with van der Waals surface area (Å²) in [5.41, 5.74) is 8.54. The third-order valence-electron chi connectivity index (χ3n) is 17.9. The van der Waals surface area contributed by atoms with Gasteiger partial charge in [0.1, 0.15) is 0 Å². The first-order valence-electron chi connectivity index (χ1n) is 35.7. The van der Waals surface area contributed by atoms with E-state index in [1.807, 2.05) is 91.0 Å². The maximum Gasteiger partial charge on any atom is 0.343 e. The first kappa shape index (κ1) is 90.0. The maximum atomic E-state index is 13.1. The van der Waals surface area contributed by atoms with Crippen molar-refractivity contribution < 1.29 is 28.6 Å². The van der Waals surface area contributed by atoms with E-state index in [4.69, 9.17) is 14.2 Å². The molecule has 1 atom stereocenters. The molecule has 12 aromatic carbocycles. The van der Waals surface area contributed by atoms with Crippen molar-refractivity contribution in [3.05, 3.63) is 337 Å². The van der Waals surface area contributed by atoms with Gasteiger partial charge in [0.15, 0.2) is 61.3 Å². The zero-order valence-corrected chi connectivity index (χ0v) is 85.4. The normalized spacial score (nSPS) is 11.9. The third kappa shape index (κ3) is 24.4. The molecule has 0 aromatic heterocycles. The Labute approximate surface area is 787 Å². The molecule has 0 amide bonds. The van der Waals surface area contributed by atoms with Crippen LogP contribution >= 0.6 is 203 Å². The second kappa shape index (κ2) is 40.4. The van der Waals surface area contributed by atoms with Gasteiger partial charge in [0.25, 0.3) is 0 Å². The summed E-state index contributed by atoms with van der Waals surface area (Å²) in [6.45, 7) is 29.0. The van der Waals surface area contributed by atoms with Gasteiger partial charge < -0.3 is 14.2 Å². The van der Waals surface area contributed by atoms with Crippen molar-refractivity contribution in [3.8, 4) is 17.2 Å². The maximum absolute atomic E-state index is 13.1. The standard InChI is InChI=1S/C33H32I3O2S.C31H28I3O2S.C29H24I3O2S/c1-32(2,3)22-9-15-26(16-10-22)39(27-17-11-23(12-18-27)33(4,5)6)25-13-7-21(8-14-25)31(37)38-30-28(35)19-24(34)20-29(30)36;1-19(2)21-5-11-25(12-6-21)37(26-13-7-22(8-14-26)20(3)4)27-15-9-23(10-16-27)31(35)36-30-28(33)17-24(32)18-29(30)34;1-29(2,3)20-11-15-24(16-12-20)35(22-7-5-4-6-8-22)23-13-9-19(10-14-23)28(33)34-27-25(31)17-21(30)18-26(27)32/h7-20H,1-6H3;5-20H,1-4H3;4-18H,1-3H3/q3*+1. The van der Waals surface area contributed by atoms with Crippen LogP contribution in [0.4, 0.5) is 0 Å². The molecule has 12 rings (SSSR count). The number of hydrogen-bond acceptors (Lipinski definition) is 6. The highest BCUT2D eigenvalue weighted by molar-refractivity contribution is 14.1. The number of ether oxygens (including phenoxy) is 3. The Morgan fingerprint density at radius 1 is 0.261 bits per heavy atom. The molecule has 0 fully saturated rings. The molecule has 12 aromatic rings. The smallest absolute Gasteiger partial charge is 0.343 e. The van der Waals surface area contributed by atoms with Crippen LogP contribution in [0.25, 0.3) is 0 Å². The Balaban J connectivity index is 0.000000177. The van der Waals surface area contributed by atoms with Crippen molar-refractivity contribution >= 4 is 254 Å². The molecule has 0 aliphatic carbocycles. The first-order valence-corrected chi connectivity index (χ1v) is 49.1. The predicted octanol–water partition coefficient (Wildman–Crippen LogP) is 29.6. The van der Waals surface area contributed by atoms with Gasteiger partial charge in [-0.2, -0.15) is 0 Å². The molecule has 0 spiro atoms. The van der Waals surface area contributed by atoms with Crippen LogP contribution in [0.5, 0.6) is 17.2 Å². The highest BCUT2D eigenvalue weighted by Crippen LogP contribution is 2.40. The van der Waals surface area contributed by atoms with Gasteiger partial charge in [-0.25, -0.2) is 14.4 Å². The summed E-state index contributed by atoms with van der Waals surface area (Å²) in [6.07, 6.45) is 0. The van der Waals surface area contributed by atoms with Gasteiger partial charge in [0.05, 0.1) is 70.8 Å². The Morgan fingerprint density at radius 2 is 0.441 bits per heavy atom. The topological polar surface area (TPSA) is 78.9 Å². The molecule has 6 nitrogen and oxygen atoms in total. The Morgan fingerprint density at radius 3 is 0.631 bits per heavy atom. The SMILES string of the molecule is CC(C)(C)c1ccc([S+](c2ccc(C(=O)Oc3c(I)cc(I)cc3I)cc2)c2ccc(C(C)(C)C)cc2)cc1.CC(C)(C)c1ccc([S+](c2ccccc2)c2ccc(C(=O)Oc3c(I)cc(I)cc3I)cc2)cc1.CC(C)c1ccc([S+](c2ccc(C(=O)Oc3c(I)cc(I)cc3I)cc2)c2ccc(C(C)C)cc2)cc1. The van der Waals surface area contributed by atoms with Crippen molar-refractivity contribution in [2.24, 2.45) is 0 Å². The zero-order valence-electron chi connectivity index (χ0n) is 63.6. The lowest BCUT2D eigenvalue weighted by molar-refractivity contribution is 0.0722. The minimum Gasteiger partial charge on any atom is -0.421 e. The van der Waals surface area contributed by atoms with E-state index in [0.29, 0.717) is 45.8 Å². The minimum atomic E-state index is -0.345.